The van der Waals surface area contributed by atoms with Gasteiger partial charge in [-0.2, -0.15) is 0 Å². The van der Waals surface area contributed by atoms with Crippen molar-refractivity contribution in [2.45, 2.75) is 26.3 Å². The van der Waals surface area contributed by atoms with Crippen LogP contribution in [0.25, 0.3) is 0 Å². The first kappa shape index (κ1) is 14.8. The topological polar surface area (TPSA) is 107 Å². The van der Waals surface area contributed by atoms with Crippen LogP contribution in [-0.2, 0) is 4.79 Å². The largest absolute Gasteiger partial charge is 0.508 e. The summed E-state index contributed by atoms with van der Waals surface area (Å²) in [5, 5.41) is 30.0. The van der Waals surface area contributed by atoms with Gasteiger partial charge in [-0.05, 0) is 24.5 Å². The maximum absolute atomic E-state index is 11.9. The Morgan fingerprint density at radius 2 is 1.89 bits per heavy atom. The van der Waals surface area contributed by atoms with E-state index in [1.165, 1.54) is 12.1 Å². The third-order valence-electron chi connectivity index (χ3n) is 2.54. The predicted octanol–water partition coefficient (Wildman–Crippen LogP) is 1.33. The summed E-state index contributed by atoms with van der Waals surface area (Å²) in [7, 11) is 0. The van der Waals surface area contributed by atoms with Crippen LogP contribution in [-0.4, -0.2) is 33.2 Å². The first-order chi connectivity index (χ1) is 8.81. The lowest BCUT2D eigenvalue weighted by Gasteiger charge is -2.16. The molecule has 1 rings (SSSR count). The summed E-state index contributed by atoms with van der Waals surface area (Å²) >= 11 is 0. The van der Waals surface area contributed by atoms with Crippen LogP contribution in [0, 0.1) is 5.92 Å². The lowest BCUT2D eigenvalue weighted by Crippen LogP contribution is -2.41. The van der Waals surface area contributed by atoms with Gasteiger partial charge in [-0.25, -0.2) is 4.79 Å². The minimum atomic E-state index is -1.12. The second-order valence-corrected chi connectivity index (χ2v) is 4.70. The zero-order chi connectivity index (χ0) is 14.6. The van der Waals surface area contributed by atoms with E-state index in [0.717, 1.165) is 6.07 Å². The van der Waals surface area contributed by atoms with Gasteiger partial charge in [0.25, 0.3) is 5.91 Å². The zero-order valence-corrected chi connectivity index (χ0v) is 10.8. The van der Waals surface area contributed by atoms with Gasteiger partial charge in [0.2, 0.25) is 0 Å². The fourth-order valence-electron chi connectivity index (χ4n) is 1.64. The second-order valence-electron chi connectivity index (χ2n) is 4.70. The quantitative estimate of drug-likeness (QED) is 0.643. The SMILES string of the molecule is CC(C)C[C@@H](NC(=O)c1ccc(O)cc1O)C(=O)O. The number of amides is 1. The van der Waals surface area contributed by atoms with Crippen molar-refractivity contribution in [3.8, 4) is 11.5 Å². The number of benzene rings is 1. The first-order valence-corrected chi connectivity index (χ1v) is 5.87. The van der Waals surface area contributed by atoms with Gasteiger partial charge in [0.15, 0.2) is 0 Å². The number of carboxylic acids is 1. The van der Waals surface area contributed by atoms with Crippen LogP contribution in [0.5, 0.6) is 11.5 Å². The van der Waals surface area contributed by atoms with E-state index in [0.29, 0.717) is 6.42 Å². The molecule has 0 saturated carbocycles. The molecule has 1 amide bonds. The normalized spacial score (nSPS) is 12.2. The van der Waals surface area contributed by atoms with E-state index in [2.05, 4.69) is 5.32 Å². The molecular weight excluding hydrogens is 250 g/mol. The molecule has 1 atom stereocenters. The lowest BCUT2D eigenvalue weighted by molar-refractivity contribution is -0.139. The molecule has 0 saturated heterocycles. The predicted molar refractivity (Wildman–Crippen MR) is 68.1 cm³/mol. The summed E-state index contributed by atoms with van der Waals surface area (Å²) in [4.78, 5) is 22.9. The molecule has 0 aliphatic heterocycles. The molecule has 0 heterocycles. The van der Waals surface area contributed by atoms with Gasteiger partial charge >= 0.3 is 5.97 Å². The summed E-state index contributed by atoms with van der Waals surface area (Å²) in [6.07, 6.45) is 0.292. The third kappa shape index (κ3) is 4.17. The molecular formula is C13H17NO5. The molecule has 19 heavy (non-hydrogen) atoms. The van der Waals surface area contributed by atoms with Crippen molar-refractivity contribution < 1.29 is 24.9 Å². The highest BCUT2D eigenvalue weighted by molar-refractivity contribution is 5.98. The molecule has 0 aromatic heterocycles. The molecule has 0 bridgehead atoms. The lowest BCUT2D eigenvalue weighted by atomic mass is 10.0. The molecule has 0 unspecified atom stereocenters. The van der Waals surface area contributed by atoms with Crippen molar-refractivity contribution in [1.82, 2.24) is 5.32 Å². The molecule has 6 heteroatoms. The average Bonchev–Trinajstić information content (AvgIpc) is 2.26. The summed E-state index contributed by atoms with van der Waals surface area (Å²) in [6.45, 7) is 3.69. The van der Waals surface area contributed by atoms with Gasteiger partial charge in [0.1, 0.15) is 17.5 Å². The van der Waals surface area contributed by atoms with Crippen LogP contribution < -0.4 is 5.32 Å². The molecule has 0 aliphatic carbocycles. The number of rotatable bonds is 5. The number of carboxylic acid groups (broad SMARTS) is 1. The number of aliphatic carboxylic acids is 1. The van der Waals surface area contributed by atoms with E-state index in [4.69, 9.17) is 10.2 Å². The smallest absolute Gasteiger partial charge is 0.326 e. The molecule has 1 aromatic carbocycles. The van der Waals surface area contributed by atoms with E-state index < -0.39 is 23.7 Å². The number of phenolic OH excluding ortho intramolecular Hbond substituents is 2. The maximum atomic E-state index is 11.9. The van der Waals surface area contributed by atoms with Gasteiger partial charge in [-0.3, -0.25) is 4.79 Å². The molecule has 0 spiro atoms. The molecule has 104 valence electrons. The number of nitrogens with one attached hydrogen (secondary N) is 1. The number of aromatic hydroxyl groups is 2. The molecule has 6 nitrogen and oxygen atoms in total. The Labute approximate surface area is 110 Å². The second kappa shape index (κ2) is 6.08. The van der Waals surface area contributed by atoms with Crippen LogP contribution in [0.2, 0.25) is 0 Å². The highest BCUT2D eigenvalue weighted by Crippen LogP contribution is 2.22. The molecule has 1 aromatic rings. The number of carbonyl (C=O) groups excluding carboxylic acids is 1. The fourth-order valence-corrected chi connectivity index (χ4v) is 1.64. The Bertz CT molecular complexity index is 484. The van der Waals surface area contributed by atoms with Gasteiger partial charge < -0.3 is 20.6 Å². The van der Waals surface area contributed by atoms with E-state index >= 15 is 0 Å². The highest BCUT2D eigenvalue weighted by Gasteiger charge is 2.23. The summed E-state index contributed by atoms with van der Waals surface area (Å²) in [6, 6.07) is 2.48. The van der Waals surface area contributed by atoms with Crippen molar-refractivity contribution in [1.29, 1.82) is 0 Å². The van der Waals surface area contributed by atoms with E-state index in [1.54, 1.807) is 0 Å². The minimum absolute atomic E-state index is 0.0761. The van der Waals surface area contributed by atoms with Crippen molar-refractivity contribution in [2.24, 2.45) is 5.92 Å². The van der Waals surface area contributed by atoms with E-state index in [1.807, 2.05) is 13.8 Å². The fraction of sp³-hybridized carbons (Fsp3) is 0.385. The maximum Gasteiger partial charge on any atom is 0.326 e. The number of hydrogen-bond acceptors (Lipinski definition) is 4. The molecule has 0 aliphatic rings. The Hall–Kier alpha value is -2.24. The zero-order valence-electron chi connectivity index (χ0n) is 10.8. The number of carbonyl (C=O) groups is 2. The van der Waals surface area contributed by atoms with Crippen molar-refractivity contribution in [3.63, 3.8) is 0 Å². The number of phenols is 2. The third-order valence-corrected chi connectivity index (χ3v) is 2.54. The molecule has 4 N–H and O–H groups in total. The molecule has 0 fully saturated rings. The Kier molecular flexibility index (Phi) is 4.74. The standard InChI is InChI=1S/C13H17NO5/c1-7(2)5-10(13(18)19)14-12(17)9-4-3-8(15)6-11(9)16/h3-4,6-7,10,15-16H,5H2,1-2H3,(H,14,17)(H,18,19)/t10-/m1/s1. The summed E-state index contributed by atoms with van der Waals surface area (Å²) < 4.78 is 0. The van der Waals surface area contributed by atoms with E-state index in [-0.39, 0.29) is 17.2 Å². The van der Waals surface area contributed by atoms with Crippen LogP contribution in [0.15, 0.2) is 18.2 Å². The van der Waals surface area contributed by atoms with Crippen LogP contribution in [0.4, 0.5) is 0 Å². The highest BCUT2D eigenvalue weighted by atomic mass is 16.4. The average molecular weight is 267 g/mol. The van der Waals surface area contributed by atoms with E-state index in [9.17, 15) is 14.7 Å². The van der Waals surface area contributed by atoms with Gasteiger partial charge in [-0.1, -0.05) is 13.8 Å². The summed E-state index contributed by atoms with van der Waals surface area (Å²) in [5.74, 6) is -2.28. The van der Waals surface area contributed by atoms with Crippen LogP contribution in [0.3, 0.4) is 0 Å². The summed E-state index contributed by atoms with van der Waals surface area (Å²) in [5.41, 5.74) is -0.0761. The Morgan fingerprint density at radius 1 is 1.26 bits per heavy atom. The minimum Gasteiger partial charge on any atom is -0.508 e. The Morgan fingerprint density at radius 3 is 2.37 bits per heavy atom. The van der Waals surface area contributed by atoms with Crippen molar-refractivity contribution in [3.05, 3.63) is 23.8 Å². The van der Waals surface area contributed by atoms with Crippen LogP contribution in [0.1, 0.15) is 30.6 Å². The first-order valence-electron chi connectivity index (χ1n) is 5.87. The van der Waals surface area contributed by atoms with Gasteiger partial charge in [-0.15, -0.1) is 0 Å². The van der Waals surface area contributed by atoms with Crippen molar-refractivity contribution in [2.75, 3.05) is 0 Å². The van der Waals surface area contributed by atoms with Gasteiger partial charge in [0.05, 0.1) is 5.56 Å². The van der Waals surface area contributed by atoms with Gasteiger partial charge in [0, 0.05) is 6.07 Å². The number of hydrogen-bond donors (Lipinski definition) is 4. The van der Waals surface area contributed by atoms with Crippen LogP contribution >= 0.6 is 0 Å². The monoisotopic (exact) mass is 267 g/mol. The van der Waals surface area contributed by atoms with Crippen molar-refractivity contribution >= 4 is 11.9 Å². The Balaban J connectivity index is 2.84. The molecule has 0 radical (unpaired) electrons.